The number of H-pyrrole nitrogens is 1. The Morgan fingerprint density at radius 1 is 1.25 bits per heavy atom. The molecule has 4 rings (SSSR count). The van der Waals surface area contributed by atoms with Gasteiger partial charge in [0.25, 0.3) is 0 Å². The summed E-state index contributed by atoms with van der Waals surface area (Å²) in [6, 6.07) is 3.89. The molecule has 3 aromatic heterocycles. The van der Waals surface area contributed by atoms with E-state index in [1.807, 2.05) is 32.9 Å². The van der Waals surface area contributed by atoms with Crippen LogP contribution in [0.25, 0.3) is 22.4 Å². The Labute approximate surface area is 163 Å². The van der Waals surface area contributed by atoms with Gasteiger partial charge in [0.1, 0.15) is 11.3 Å². The number of aliphatic hydroxyl groups is 1. The average Bonchev–Trinajstić information content (AvgIpc) is 3.10. The normalized spacial score (nSPS) is 15.9. The number of aliphatic hydroxyl groups excluding tert-OH is 1. The molecule has 4 heterocycles. The maximum absolute atomic E-state index is 12.8. The summed E-state index contributed by atoms with van der Waals surface area (Å²) in [7, 11) is 0. The van der Waals surface area contributed by atoms with Crippen molar-refractivity contribution in [2.45, 2.75) is 39.7 Å². The molecule has 0 saturated carbocycles. The highest BCUT2D eigenvalue weighted by Crippen LogP contribution is 2.28. The highest BCUT2D eigenvalue weighted by atomic mass is 16.3. The number of hydrogen-bond donors (Lipinski definition) is 2. The lowest BCUT2D eigenvalue weighted by Crippen LogP contribution is -2.36. The molecule has 1 saturated heterocycles. The first-order chi connectivity index (χ1) is 13.3. The monoisotopic (exact) mass is 379 g/mol. The summed E-state index contributed by atoms with van der Waals surface area (Å²) >= 11 is 0. The molecule has 0 bridgehead atoms. The number of rotatable bonds is 3. The van der Waals surface area contributed by atoms with E-state index in [9.17, 15) is 9.90 Å². The lowest BCUT2D eigenvalue weighted by atomic mass is 9.87. The van der Waals surface area contributed by atoms with Gasteiger partial charge in [0.15, 0.2) is 11.4 Å². The standard InChI is InChI=1S/C21H25N5O2/c1-21(2,3)19(28)15-11-23-20-18(15)25-16(12-24-20)13-4-7-22-17(10-13)26-8-5-14(27)6-9-26/h4,7,10-12,14,27H,5-6,8-9H2,1-3H3,(H,23,24). The van der Waals surface area contributed by atoms with Gasteiger partial charge >= 0.3 is 0 Å². The van der Waals surface area contributed by atoms with Crippen molar-refractivity contribution in [1.82, 2.24) is 19.9 Å². The van der Waals surface area contributed by atoms with Gasteiger partial charge in [-0.05, 0) is 25.0 Å². The lowest BCUT2D eigenvalue weighted by molar-refractivity contribution is 0.0860. The van der Waals surface area contributed by atoms with Gasteiger partial charge in [-0.25, -0.2) is 15.0 Å². The molecule has 0 amide bonds. The summed E-state index contributed by atoms with van der Waals surface area (Å²) in [6.07, 6.45) is 6.45. The van der Waals surface area contributed by atoms with E-state index in [1.54, 1.807) is 18.6 Å². The number of nitrogens with zero attached hydrogens (tertiary/aromatic N) is 4. The fourth-order valence-corrected chi connectivity index (χ4v) is 3.45. The van der Waals surface area contributed by atoms with Gasteiger partial charge in [0, 0.05) is 36.5 Å². The van der Waals surface area contributed by atoms with Gasteiger partial charge in [0.05, 0.1) is 23.6 Å². The van der Waals surface area contributed by atoms with E-state index in [4.69, 9.17) is 4.98 Å². The van der Waals surface area contributed by atoms with Crippen molar-refractivity contribution < 1.29 is 9.90 Å². The van der Waals surface area contributed by atoms with Crippen LogP contribution in [0, 0.1) is 5.41 Å². The Morgan fingerprint density at radius 3 is 2.71 bits per heavy atom. The largest absolute Gasteiger partial charge is 0.393 e. The number of nitrogens with one attached hydrogen (secondary N) is 1. The first-order valence-corrected chi connectivity index (χ1v) is 9.61. The fourth-order valence-electron chi connectivity index (χ4n) is 3.45. The molecule has 0 unspecified atom stereocenters. The van der Waals surface area contributed by atoms with Crippen molar-refractivity contribution in [1.29, 1.82) is 0 Å². The number of hydrogen-bond acceptors (Lipinski definition) is 6. The second-order valence-corrected chi connectivity index (χ2v) is 8.35. The first-order valence-electron chi connectivity index (χ1n) is 9.61. The van der Waals surface area contributed by atoms with Gasteiger partial charge in [-0.3, -0.25) is 4.79 Å². The van der Waals surface area contributed by atoms with E-state index in [-0.39, 0.29) is 11.9 Å². The van der Waals surface area contributed by atoms with Crippen LogP contribution >= 0.6 is 0 Å². The van der Waals surface area contributed by atoms with E-state index < -0.39 is 5.41 Å². The number of piperidine rings is 1. The van der Waals surface area contributed by atoms with E-state index in [0.717, 1.165) is 37.3 Å². The summed E-state index contributed by atoms with van der Waals surface area (Å²) in [5, 5.41) is 9.72. The molecule has 1 fully saturated rings. The molecule has 3 aromatic rings. The molecule has 0 spiro atoms. The average molecular weight is 379 g/mol. The lowest BCUT2D eigenvalue weighted by Gasteiger charge is -2.30. The zero-order valence-electron chi connectivity index (χ0n) is 16.4. The summed E-state index contributed by atoms with van der Waals surface area (Å²) in [5.41, 5.74) is 2.88. The third-order valence-electron chi connectivity index (χ3n) is 5.14. The minimum Gasteiger partial charge on any atom is -0.393 e. The van der Waals surface area contributed by atoms with Crippen molar-refractivity contribution in [3.05, 3.63) is 36.3 Å². The van der Waals surface area contributed by atoms with Gasteiger partial charge in [0.2, 0.25) is 0 Å². The zero-order valence-corrected chi connectivity index (χ0v) is 16.4. The maximum atomic E-state index is 12.8. The molecule has 1 aliphatic heterocycles. The Bertz CT molecular complexity index is 1010. The van der Waals surface area contributed by atoms with Crippen LogP contribution in [0.3, 0.4) is 0 Å². The fraction of sp³-hybridized carbons (Fsp3) is 0.429. The topological polar surface area (TPSA) is 95.0 Å². The van der Waals surface area contributed by atoms with Crippen LogP contribution in [0.1, 0.15) is 44.0 Å². The minimum atomic E-state index is -0.491. The molecule has 7 heteroatoms. The Hall–Kier alpha value is -2.80. The minimum absolute atomic E-state index is 0.0347. The second kappa shape index (κ2) is 6.98. The summed E-state index contributed by atoms with van der Waals surface area (Å²) < 4.78 is 0. The molecule has 1 aliphatic rings. The summed E-state index contributed by atoms with van der Waals surface area (Å²) in [6.45, 7) is 7.26. The predicted octanol–water partition coefficient (Wildman–Crippen LogP) is 3.21. The van der Waals surface area contributed by atoms with Crippen molar-refractivity contribution in [2.24, 2.45) is 5.41 Å². The number of aromatic amines is 1. The van der Waals surface area contributed by atoms with Gasteiger partial charge in [-0.1, -0.05) is 20.8 Å². The molecule has 28 heavy (non-hydrogen) atoms. The SMILES string of the molecule is CC(C)(C)C(=O)c1c[nH]c2ncc(-c3ccnc(N4CCC(O)CC4)c3)nc12. The molecular formula is C21H25N5O2. The number of pyridine rings is 1. The van der Waals surface area contributed by atoms with Crippen LogP contribution in [0.5, 0.6) is 0 Å². The summed E-state index contributed by atoms with van der Waals surface area (Å²) in [5.74, 6) is 0.902. The maximum Gasteiger partial charge on any atom is 0.171 e. The molecule has 0 atom stereocenters. The van der Waals surface area contributed by atoms with Crippen LogP contribution in [0.2, 0.25) is 0 Å². The molecule has 0 radical (unpaired) electrons. The van der Waals surface area contributed by atoms with Crippen LogP contribution < -0.4 is 4.90 Å². The van der Waals surface area contributed by atoms with E-state index in [1.165, 1.54) is 0 Å². The molecule has 0 aromatic carbocycles. The van der Waals surface area contributed by atoms with Gasteiger partial charge in [-0.15, -0.1) is 0 Å². The zero-order chi connectivity index (χ0) is 19.9. The van der Waals surface area contributed by atoms with Crippen molar-refractivity contribution in [2.75, 3.05) is 18.0 Å². The van der Waals surface area contributed by atoms with Gasteiger partial charge in [-0.2, -0.15) is 0 Å². The number of fused-ring (bicyclic) bond motifs is 1. The number of carbonyl (C=O) groups is 1. The quantitative estimate of drug-likeness (QED) is 0.679. The third kappa shape index (κ3) is 3.49. The predicted molar refractivity (Wildman–Crippen MR) is 108 cm³/mol. The molecule has 2 N–H and O–H groups in total. The van der Waals surface area contributed by atoms with E-state index in [2.05, 4.69) is 19.9 Å². The number of ketones is 1. The summed E-state index contributed by atoms with van der Waals surface area (Å²) in [4.78, 5) is 31.6. The van der Waals surface area contributed by atoms with Crippen molar-refractivity contribution >= 4 is 22.8 Å². The third-order valence-corrected chi connectivity index (χ3v) is 5.14. The molecule has 0 aliphatic carbocycles. The van der Waals surface area contributed by atoms with Gasteiger partial charge < -0.3 is 15.0 Å². The van der Waals surface area contributed by atoms with E-state index in [0.29, 0.717) is 22.4 Å². The number of carbonyl (C=O) groups excluding carboxylic acids is 1. The number of aromatic nitrogens is 4. The number of anilines is 1. The smallest absolute Gasteiger partial charge is 0.171 e. The second-order valence-electron chi connectivity index (χ2n) is 8.35. The Balaban J connectivity index is 1.70. The Kier molecular flexibility index (Phi) is 4.63. The number of Topliss-reactive ketones (excluding diaryl/α,β-unsaturated/α-hetero) is 1. The van der Waals surface area contributed by atoms with Crippen molar-refractivity contribution in [3.8, 4) is 11.3 Å². The first kappa shape index (κ1) is 18.6. The molecule has 146 valence electrons. The Morgan fingerprint density at radius 2 is 2.00 bits per heavy atom. The molecule has 7 nitrogen and oxygen atoms in total. The van der Waals surface area contributed by atoms with Crippen LogP contribution in [-0.4, -0.2) is 50.0 Å². The van der Waals surface area contributed by atoms with Crippen LogP contribution in [0.4, 0.5) is 5.82 Å². The van der Waals surface area contributed by atoms with Crippen LogP contribution in [-0.2, 0) is 0 Å². The molecular weight excluding hydrogens is 354 g/mol. The highest BCUT2D eigenvalue weighted by Gasteiger charge is 2.26. The van der Waals surface area contributed by atoms with E-state index >= 15 is 0 Å². The van der Waals surface area contributed by atoms with Crippen molar-refractivity contribution in [3.63, 3.8) is 0 Å². The van der Waals surface area contributed by atoms with Crippen LogP contribution in [0.15, 0.2) is 30.7 Å². The highest BCUT2D eigenvalue weighted by molar-refractivity contribution is 6.08.